The van der Waals surface area contributed by atoms with Crippen molar-refractivity contribution < 1.29 is 14.7 Å². The first kappa shape index (κ1) is 21.6. The van der Waals surface area contributed by atoms with Crippen LogP contribution in [0.15, 0.2) is 42.5 Å². The number of halogens is 1. The molecule has 146 valence electrons. The Balaban J connectivity index is 2.16. The monoisotopic (exact) mass is 398 g/mol. The molecule has 0 aromatic heterocycles. The number of Topliss-reactive ketones (excluding diaryl/α,β-unsaturated/α-hetero) is 1. The molecule has 0 saturated heterocycles. The summed E-state index contributed by atoms with van der Waals surface area (Å²) in [7, 11) is 0. The molecular weight excluding hydrogens is 376 g/mol. The van der Waals surface area contributed by atoms with E-state index in [4.69, 9.17) is 18.2 Å². The molecule has 0 heterocycles. The van der Waals surface area contributed by atoms with Crippen LogP contribution in [0.2, 0.25) is 5.02 Å². The van der Waals surface area contributed by atoms with E-state index in [1.54, 1.807) is 57.2 Å². The lowest BCUT2D eigenvalue weighted by molar-refractivity contribution is -0.132. The van der Waals surface area contributed by atoms with Crippen LogP contribution in [-0.2, 0) is 11.2 Å². The lowest BCUT2D eigenvalue weighted by Gasteiger charge is -2.29. The van der Waals surface area contributed by atoms with Gasteiger partial charge in [-0.2, -0.15) is 0 Å². The van der Waals surface area contributed by atoms with Gasteiger partial charge >= 0.3 is 0 Å². The average Bonchev–Trinajstić information content (AvgIpc) is 2.66. The number of carbonyl (C=O) groups is 2. The molecule has 2 aromatic carbocycles. The molecule has 0 aliphatic rings. The van der Waals surface area contributed by atoms with Crippen LogP contribution in [-0.4, -0.2) is 28.9 Å². The van der Waals surface area contributed by atoms with Crippen LogP contribution in [0.25, 0.3) is 4.85 Å². The van der Waals surface area contributed by atoms with E-state index in [1.807, 2.05) is 6.07 Å². The number of hydrogen-bond donors (Lipinski definition) is 2. The molecule has 1 amide bonds. The number of nitrogens with one attached hydrogen (secondary N) is 1. The van der Waals surface area contributed by atoms with E-state index in [9.17, 15) is 14.7 Å². The molecule has 0 fully saturated rings. The largest absolute Gasteiger partial charge is 0.390 e. The van der Waals surface area contributed by atoms with Gasteiger partial charge in [0.1, 0.15) is 0 Å². The standard InChI is InChI=1S/C22H23ClN2O3/c1-14-16(10-11-18(24-4)20(14)23)12-17(22(2,3)28)21(27)25-13-19(26)15-8-6-5-7-9-15/h5-11,17,28H,12-13H2,1-3H3,(H,25,27)/t17-/m0/s1. The normalized spacial score (nSPS) is 12.1. The van der Waals surface area contributed by atoms with Crippen molar-refractivity contribution in [1.29, 1.82) is 0 Å². The van der Waals surface area contributed by atoms with Gasteiger partial charge in [-0.15, -0.1) is 0 Å². The van der Waals surface area contributed by atoms with Crippen molar-refractivity contribution in [3.05, 3.63) is 75.6 Å². The van der Waals surface area contributed by atoms with Crippen LogP contribution in [0.1, 0.15) is 35.3 Å². The van der Waals surface area contributed by atoms with Crippen LogP contribution in [0.3, 0.4) is 0 Å². The van der Waals surface area contributed by atoms with Crippen molar-refractivity contribution in [2.24, 2.45) is 5.92 Å². The number of benzene rings is 2. The lowest BCUT2D eigenvalue weighted by atomic mass is 9.83. The van der Waals surface area contributed by atoms with Gasteiger partial charge in [0.05, 0.1) is 29.7 Å². The van der Waals surface area contributed by atoms with Crippen LogP contribution < -0.4 is 5.32 Å². The second-order valence-corrected chi connectivity index (χ2v) is 7.59. The van der Waals surface area contributed by atoms with Gasteiger partial charge in [0, 0.05) is 5.56 Å². The second-order valence-electron chi connectivity index (χ2n) is 7.21. The Morgan fingerprint density at radius 3 is 2.43 bits per heavy atom. The van der Waals surface area contributed by atoms with Crippen molar-refractivity contribution in [2.75, 3.05) is 6.54 Å². The highest BCUT2D eigenvalue weighted by atomic mass is 35.5. The molecule has 0 bridgehead atoms. The minimum absolute atomic E-state index is 0.147. The van der Waals surface area contributed by atoms with Crippen molar-refractivity contribution in [3.63, 3.8) is 0 Å². The van der Waals surface area contributed by atoms with Crippen LogP contribution in [0.5, 0.6) is 0 Å². The van der Waals surface area contributed by atoms with Gasteiger partial charge in [-0.1, -0.05) is 54.1 Å². The third kappa shape index (κ3) is 5.19. The van der Waals surface area contributed by atoms with E-state index >= 15 is 0 Å². The molecule has 28 heavy (non-hydrogen) atoms. The topological polar surface area (TPSA) is 70.8 Å². The number of hydrogen-bond acceptors (Lipinski definition) is 3. The smallest absolute Gasteiger partial charge is 0.226 e. The van der Waals surface area contributed by atoms with Gasteiger partial charge in [0.2, 0.25) is 11.6 Å². The molecule has 6 heteroatoms. The lowest BCUT2D eigenvalue weighted by Crippen LogP contribution is -2.45. The molecule has 0 unspecified atom stereocenters. The first-order chi connectivity index (χ1) is 13.1. The maximum Gasteiger partial charge on any atom is 0.226 e. The average molecular weight is 399 g/mol. The molecule has 0 saturated carbocycles. The predicted octanol–water partition coefficient (Wildman–Crippen LogP) is 4.13. The quantitative estimate of drug-likeness (QED) is 0.544. The third-order valence-electron chi connectivity index (χ3n) is 4.71. The zero-order chi connectivity index (χ0) is 20.9. The summed E-state index contributed by atoms with van der Waals surface area (Å²) < 4.78 is 0. The predicted molar refractivity (Wildman–Crippen MR) is 110 cm³/mol. The molecular formula is C22H23ClN2O3. The van der Waals surface area contributed by atoms with Crippen molar-refractivity contribution in [1.82, 2.24) is 5.32 Å². The van der Waals surface area contributed by atoms with Crippen molar-refractivity contribution in [3.8, 4) is 0 Å². The van der Waals surface area contributed by atoms with E-state index < -0.39 is 17.4 Å². The van der Waals surface area contributed by atoms with E-state index in [0.717, 1.165) is 5.56 Å². The van der Waals surface area contributed by atoms with Gasteiger partial charge in [-0.3, -0.25) is 9.59 Å². The fraction of sp³-hybridized carbons (Fsp3) is 0.318. The summed E-state index contributed by atoms with van der Waals surface area (Å²) >= 11 is 6.22. The van der Waals surface area contributed by atoms with Gasteiger partial charge in [0.25, 0.3) is 0 Å². The number of carbonyl (C=O) groups excluding carboxylic acids is 2. The van der Waals surface area contributed by atoms with E-state index in [0.29, 0.717) is 21.8 Å². The summed E-state index contributed by atoms with van der Waals surface area (Å²) in [5, 5.41) is 13.5. The van der Waals surface area contributed by atoms with Crippen LogP contribution >= 0.6 is 11.6 Å². The first-order valence-corrected chi connectivity index (χ1v) is 9.26. The van der Waals surface area contributed by atoms with Gasteiger partial charge < -0.3 is 10.4 Å². The fourth-order valence-corrected chi connectivity index (χ4v) is 3.14. The van der Waals surface area contributed by atoms with Gasteiger partial charge in [0.15, 0.2) is 5.78 Å². The van der Waals surface area contributed by atoms with E-state index in [-0.39, 0.29) is 18.7 Å². The Morgan fingerprint density at radius 1 is 1.21 bits per heavy atom. The summed E-state index contributed by atoms with van der Waals surface area (Å²) in [4.78, 5) is 28.3. The number of ketones is 1. The zero-order valence-corrected chi connectivity index (χ0v) is 16.9. The highest BCUT2D eigenvalue weighted by Crippen LogP contribution is 2.33. The summed E-state index contributed by atoms with van der Waals surface area (Å²) in [6.45, 7) is 11.9. The number of aliphatic hydroxyl groups is 1. The minimum atomic E-state index is -1.31. The highest BCUT2D eigenvalue weighted by Gasteiger charge is 2.34. The molecule has 2 rings (SSSR count). The van der Waals surface area contributed by atoms with Gasteiger partial charge in [-0.05, 0) is 38.3 Å². The number of rotatable bonds is 7. The maximum absolute atomic E-state index is 12.7. The molecule has 0 radical (unpaired) electrons. The van der Waals surface area contributed by atoms with Crippen LogP contribution in [0.4, 0.5) is 5.69 Å². The van der Waals surface area contributed by atoms with E-state index in [1.165, 1.54) is 0 Å². The molecule has 2 aromatic rings. The van der Waals surface area contributed by atoms with Crippen molar-refractivity contribution in [2.45, 2.75) is 32.8 Å². The summed E-state index contributed by atoms with van der Waals surface area (Å²) in [6, 6.07) is 12.1. The molecule has 0 aliphatic heterocycles. The number of amides is 1. The highest BCUT2D eigenvalue weighted by molar-refractivity contribution is 6.34. The zero-order valence-electron chi connectivity index (χ0n) is 16.1. The Hall–Kier alpha value is -2.68. The first-order valence-electron chi connectivity index (χ1n) is 8.89. The Kier molecular flexibility index (Phi) is 6.95. The fourth-order valence-electron chi connectivity index (χ4n) is 2.92. The molecule has 0 aliphatic carbocycles. The molecule has 1 atom stereocenters. The Morgan fingerprint density at radius 2 is 1.86 bits per heavy atom. The second kappa shape index (κ2) is 9.01. The Labute approximate surface area is 170 Å². The van der Waals surface area contributed by atoms with E-state index in [2.05, 4.69) is 10.2 Å². The Bertz CT molecular complexity index is 912. The summed E-state index contributed by atoms with van der Waals surface area (Å²) in [5.41, 5.74) is 1.03. The van der Waals surface area contributed by atoms with Gasteiger partial charge in [-0.25, -0.2) is 4.85 Å². The molecule has 2 N–H and O–H groups in total. The summed E-state index contributed by atoms with van der Waals surface area (Å²) in [5.74, 6) is -1.41. The van der Waals surface area contributed by atoms with Crippen molar-refractivity contribution >= 4 is 29.0 Å². The minimum Gasteiger partial charge on any atom is -0.390 e. The summed E-state index contributed by atoms with van der Waals surface area (Å²) in [6.07, 6.45) is 0.235. The van der Waals surface area contributed by atoms with Crippen LogP contribution in [0, 0.1) is 19.4 Å². The third-order valence-corrected chi connectivity index (χ3v) is 5.19. The number of nitrogens with zero attached hydrogens (tertiary/aromatic N) is 1. The molecule has 5 nitrogen and oxygen atoms in total. The maximum atomic E-state index is 12.7. The SMILES string of the molecule is [C-]#[N+]c1ccc(C[C@@H](C(=O)NCC(=O)c2ccccc2)C(C)(C)O)c(C)c1Cl. The molecule has 0 spiro atoms.